The molecule has 10 nitrogen and oxygen atoms in total. The highest BCUT2D eigenvalue weighted by molar-refractivity contribution is 7.87. The second kappa shape index (κ2) is 9.04. The Morgan fingerprint density at radius 1 is 1.31 bits per heavy atom. The summed E-state index contributed by atoms with van der Waals surface area (Å²) in [4.78, 5) is 26.6. The smallest absolute Gasteiger partial charge is 0.317 e. The number of β-lactam (4-membered cyclic amide) rings is 1. The molecule has 0 N–H and O–H groups in total. The van der Waals surface area contributed by atoms with Gasteiger partial charge in [0.1, 0.15) is 18.2 Å². The van der Waals surface area contributed by atoms with Crippen molar-refractivity contribution in [3.8, 4) is 5.88 Å². The molecule has 3 aromatic heterocycles. The normalized spacial score (nSPS) is 20.9. The van der Waals surface area contributed by atoms with Crippen LogP contribution in [0.3, 0.4) is 0 Å². The monoisotopic (exact) mass is 542 g/mol. The SMILES string of the molecule is CC1C(c2nn(C(=O)c3ccco3)c(OCc3ccc(Cl)s3)c2F)C(=O)N1S(=O)(=O)N1CCCC1. The Morgan fingerprint density at radius 2 is 2.06 bits per heavy atom. The minimum absolute atomic E-state index is 0.103. The van der Waals surface area contributed by atoms with Crippen LogP contribution in [-0.4, -0.2) is 57.8 Å². The van der Waals surface area contributed by atoms with Crippen molar-refractivity contribution >= 4 is 45.0 Å². The van der Waals surface area contributed by atoms with Crippen molar-refractivity contribution < 1.29 is 31.6 Å². The summed E-state index contributed by atoms with van der Waals surface area (Å²) in [6.45, 7) is 2.05. The molecule has 2 unspecified atom stereocenters. The Bertz CT molecular complexity index is 1380. The van der Waals surface area contributed by atoms with Gasteiger partial charge in [0, 0.05) is 18.0 Å². The minimum atomic E-state index is -4.02. The molecule has 14 heteroatoms. The van der Waals surface area contributed by atoms with Gasteiger partial charge in [-0.15, -0.1) is 11.3 Å². The van der Waals surface area contributed by atoms with Gasteiger partial charge in [0.05, 0.1) is 16.6 Å². The number of amides is 1. The van der Waals surface area contributed by atoms with E-state index in [4.69, 9.17) is 20.8 Å². The Balaban J connectivity index is 1.47. The predicted octanol–water partition coefficient (Wildman–Crippen LogP) is 3.25. The van der Waals surface area contributed by atoms with Crippen LogP contribution in [0.25, 0.3) is 0 Å². The lowest BCUT2D eigenvalue weighted by molar-refractivity contribution is -0.140. The molecule has 1 amide bonds. The maximum atomic E-state index is 15.6. The van der Waals surface area contributed by atoms with Crippen molar-refractivity contribution in [2.24, 2.45) is 0 Å². The van der Waals surface area contributed by atoms with Crippen molar-refractivity contribution in [3.05, 3.63) is 57.0 Å². The first-order valence-corrected chi connectivity index (χ1v) is 13.4. The molecule has 2 fully saturated rings. The summed E-state index contributed by atoms with van der Waals surface area (Å²) in [7, 11) is -4.02. The fourth-order valence-electron chi connectivity index (χ4n) is 4.24. The third kappa shape index (κ3) is 4.05. The van der Waals surface area contributed by atoms with Gasteiger partial charge in [-0.05, 0) is 44.0 Å². The van der Waals surface area contributed by atoms with Crippen LogP contribution in [0.2, 0.25) is 4.34 Å². The first-order chi connectivity index (χ1) is 16.7. The maximum absolute atomic E-state index is 15.6. The lowest BCUT2D eigenvalue weighted by atomic mass is 9.88. The van der Waals surface area contributed by atoms with E-state index >= 15 is 4.39 Å². The highest BCUT2D eigenvalue weighted by Gasteiger charge is 2.56. The Hall–Kier alpha value is -2.74. The van der Waals surface area contributed by atoms with Gasteiger partial charge in [0.2, 0.25) is 11.7 Å². The average molecular weight is 543 g/mol. The van der Waals surface area contributed by atoms with Gasteiger partial charge < -0.3 is 9.15 Å². The number of ether oxygens (including phenoxy) is 1. The van der Waals surface area contributed by atoms with E-state index in [1.54, 1.807) is 12.1 Å². The van der Waals surface area contributed by atoms with Crippen LogP contribution in [0.4, 0.5) is 4.39 Å². The molecule has 2 aliphatic heterocycles. The van der Waals surface area contributed by atoms with E-state index in [1.807, 2.05) is 0 Å². The first-order valence-electron chi connectivity index (χ1n) is 10.8. The molecule has 5 heterocycles. The van der Waals surface area contributed by atoms with Crippen LogP contribution in [0, 0.1) is 5.82 Å². The quantitative estimate of drug-likeness (QED) is 0.421. The van der Waals surface area contributed by atoms with E-state index in [9.17, 15) is 18.0 Å². The van der Waals surface area contributed by atoms with E-state index in [0.29, 0.717) is 39.8 Å². The number of carbonyl (C=O) groups excluding carboxylic acids is 2. The molecule has 186 valence electrons. The molecule has 35 heavy (non-hydrogen) atoms. The molecule has 2 atom stereocenters. The highest BCUT2D eigenvalue weighted by Crippen LogP contribution is 2.41. The summed E-state index contributed by atoms with van der Waals surface area (Å²) >= 11 is 7.16. The van der Waals surface area contributed by atoms with Gasteiger partial charge in [-0.3, -0.25) is 9.59 Å². The number of furan rings is 1. The van der Waals surface area contributed by atoms with Gasteiger partial charge in [-0.1, -0.05) is 11.6 Å². The largest absolute Gasteiger partial charge is 0.470 e. The van der Waals surface area contributed by atoms with Crippen molar-refractivity contribution in [2.45, 2.75) is 38.3 Å². The lowest BCUT2D eigenvalue weighted by Crippen LogP contribution is -2.63. The van der Waals surface area contributed by atoms with E-state index in [-0.39, 0.29) is 18.1 Å². The summed E-state index contributed by atoms with van der Waals surface area (Å²) in [5.41, 5.74) is -0.366. The van der Waals surface area contributed by atoms with E-state index in [2.05, 4.69) is 5.10 Å². The van der Waals surface area contributed by atoms with Gasteiger partial charge in [-0.2, -0.15) is 26.9 Å². The number of carbonyl (C=O) groups is 2. The predicted molar refractivity (Wildman–Crippen MR) is 123 cm³/mol. The Kier molecular flexibility index (Phi) is 6.20. The summed E-state index contributed by atoms with van der Waals surface area (Å²) in [6.07, 6.45) is 2.70. The second-order valence-electron chi connectivity index (χ2n) is 8.16. The van der Waals surface area contributed by atoms with Crippen LogP contribution in [0.1, 0.15) is 46.8 Å². The van der Waals surface area contributed by atoms with Gasteiger partial charge in [-0.25, -0.2) is 4.31 Å². The van der Waals surface area contributed by atoms with Crippen molar-refractivity contribution in [1.82, 2.24) is 18.4 Å². The zero-order valence-corrected chi connectivity index (χ0v) is 20.8. The van der Waals surface area contributed by atoms with Crippen LogP contribution in [-0.2, 0) is 21.6 Å². The fourth-order valence-corrected chi connectivity index (χ4v) is 7.10. The molecule has 0 aliphatic carbocycles. The zero-order valence-electron chi connectivity index (χ0n) is 18.4. The van der Waals surface area contributed by atoms with Crippen LogP contribution < -0.4 is 4.74 Å². The molecular formula is C21H20ClFN4O6S2. The van der Waals surface area contributed by atoms with Gasteiger partial charge in [0.15, 0.2) is 5.76 Å². The average Bonchev–Trinajstić information content (AvgIpc) is 3.61. The molecule has 0 bridgehead atoms. The molecule has 5 rings (SSSR count). The van der Waals surface area contributed by atoms with E-state index in [0.717, 1.165) is 4.31 Å². The molecule has 2 saturated heterocycles. The Morgan fingerprint density at radius 3 is 2.66 bits per heavy atom. The molecule has 0 aromatic carbocycles. The number of halogens is 2. The highest BCUT2D eigenvalue weighted by atomic mass is 35.5. The van der Waals surface area contributed by atoms with Crippen LogP contribution in [0.15, 0.2) is 34.9 Å². The lowest BCUT2D eigenvalue weighted by Gasteiger charge is -2.44. The van der Waals surface area contributed by atoms with Crippen molar-refractivity contribution in [1.29, 1.82) is 0 Å². The van der Waals surface area contributed by atoms with Gasteiger partial charge in [0.25, 0.3) is 5.88 Å². The molecule has 2 aliphatic rings. The fraction of sp³-hybridized carbons (Fsp3) is 0.381. The number of nitrogens with zero attached hydrogens (tertiary/aromatic N) is 4. The molecule has 0 saturated carbocycles. The van der Waals surface area contributed by atoms with Crippen LogP contribution >= 0.6 is 22.9 Å². The summed E-state index contributed by atoms with van der Waals surface area (Å²) in [5.74, 6) is -4.45. The number of rotatable bonds is 7. The number of hydrogen-bond acceptors (Lipinski definition) is 8. The van der Waals surface area contributed by atoms with Crippen molar-refractivity contribution in [3.63, 3.8) is 0 Å². The first kappa shape index (κ1) is 24.0. The topological polar surface area (TPSA) is 115 Å². The second-order valence-corrected chi connectivity index (χ2v) is 11.8. The Labute approximate surface area is 209 Å². The van der Waals surface area contributed by atoms with E-state index in [1.165, 1.54) is 41.0 Å². The minimum Gasteiger partial charge on any atom is -0.470 e. The van der Waals surface area contributed by atoms with Crippen LogP contribution in [0.5, 0.6) is 5.88 Å². The molecule has 0 radical (unpaired) electrons. The summed E-state index contributed by atoms with van der Waals surface area (Å²) in [5, 5.41) is 4.05. The third-order valence-corrected chi connectivity index (χ3v) is 9.22. The van der Waals surface area contributed by atoms with E-state index < -0.39 is 45.7 Å². The number of aromatic nitrogens is 2. The number of thiophene rings is 1. The molecule has 0 spiro atoms. The zero-order chi connectivity index (χ0) is 24.9. The third-order valence-electron chi connectivity index (χ3n) is 5.99. The summed E-state index contributed by atoms with van der Waals surface area (Å²) < 4.78 is 55.3. The standard InChI is InChI=1S/C21H20ClFN4O6S2/c1-12-16(20(29)27(12)35(30,31)25-8-2-3-9-25)18-17(23)21(33-11-13-6-7-15(22)34-13)26(24-18)19(28)14-5-4-10-32-14/h4-7,10,12,16H,2-3,8-9,11H2,1H3. The molecule has 3 aromatic rings. The maximum Gasteiger partial charge on any atom is 0.317 e. The van der Waals surface area contributed by atoms with Crippen molar-refractivity contribution in [2.75, 3.05) is 13.1 Å². The summed E-state index contributed by atoms with van der Waals surface area (Å²) in [6, 6.07) is 5.32. The molecular weight excluding hydrogens is 523 g/mol. The number of hydrogen-bond donors (Lipinski definition) is 0. The van der Waals surface area contributed by atoms with Gasteiger partial charge >= 0.3 is 16.1 Å².